The lowest BCUT2D eigenvalue weighted by atomic mass is 10.0. The monoisotopic (exact) mass is 465 g/mol. The number of ether oxygens (including phenoxy) is 2. The van der Waals surface area contributed by atoms with Crippen LogP contribution in [-0.2, 0) is 4.74 Å². The molecule has 0 atom stereocenters. The zero-order valence-electron chi connectivity index (χ0n) is 20.6. The molecule has 1 saturated heterocycles. The zero-order valence-corrected chi connectivity index (χ0v) is 20.6. The van der Waals surface area contributed by atoms with E-state index in [9.17, 15) is 14.9 Å². The summed E-state index contributed by atoms with van der Waals surface area (Å²) in [6.45, 7) is 7.60. The number of hydrogen-bond acceptors (Lipinski definition) is 7. The van der Waals surface area contributed by atoms with Gasteiger partial charge in [-0.15, -0.1) is 0 Å². The molecule has 180 valence electrons. The predicted octanol–water partition coefficient (Wildman–Crippen LogP) is 3.39. The number of carbonyl (C=O) groups excluding carboxylic acids is 2. The van der Waals surface area contributed by atoms with Gasteiger partial charge in [-0.1, -0.05) is 6.07 Å². The summed E-state index contributed by atoms with van der Waals surface area (Å²) >= 11 is 0. The first-order valence-electron chi connectivity index (χ1n) is 11.1. The highest BCUT2D eigenvalue weighted by Gasteiger charge is 2.27. The second-order valence-electron chi connectivity index (χ2n) is 9.28. The third-order valence-corrected chi connectivity index (χ3v) is 5.39. The third-order valence-electron chi connectivity index (χ3n) is 5.39. The van der Waals surface area contributed by atoms with Crippen molar-refractivity contribution in [1.82, 2.24) is 14.8 Å². The molecule has 0 unspecified atom stereocenters. The molecule has 34 heavy (non-hydrogen) atoms. The van der Waals surface area contributed by atoms with Crippen LogP contribution < -0.4 is 9.64 Å². The molecule has 9 heteroatoms. The maximum atomic E-state index is 12.4. The summed E-state index contributed by atoms with van der Waals surface area (Å²) in [5.41, 5.74) is 1.90. The van der Waals surface area contributed by atoms with Crippen molar-refractivity contribution >= 4 is 17.8 Å². The van der Waals surface area contributed by atoms with Crippen LogP contribution in [0.15, 0.2) is 30.5 Å². The first-order chi connectivity index (χ1) is 16.0. The molecule has 1 aliphatic rings. The number of nitrogens with zero attached hydrogens (tertiary/aromatic N) is 5. The molecule has 1 aliphatic heterocycles. The van der Waals surface area contributed by atoms with E-state index in [0.29, 0.717) is 48.9 Å². The van der Waals surface area contributed by atoms with Gasteiger partial charge in [-0.05, 0) is 44.5 Å². The number of nitriles is 1. The number of aromatic nitrogens is 1. The predicted molar refractivity (Wildman–Crippen MR) is 129 cm³/mol. The molecule has 1 aromatic heterocycles. The number of rotatable bonds is 4. The SMILES string of the molecule is COc1cc(-c2cnc(N3CCN(C(=O)OC(C)(C)C)CC3)c(C#N)c2)ccc1C(=O)N(C)C. The Balaban J connectivity index is 1.79. The van der Waals surface area contributed by atoms with Crippen LogP contribution in [0.25, 0.3) is 11.1 Å². The average molecular weight is 466 g/mol. The van der Waals surface area contributed by atoms with Crippen molar-refractivity contribution in [1.29, 1.82) is 5.26 Å². The first kappa shape index (κ1) is 24.8. The zero-order chi connectivity index (χ0) is 25.0. The molecule has 0 aliphatic carbocycles. The van der Waals surface area contributed by atoms with Crippen LogP contribution in [0.1, 0.15) is 36.7 Å². The van der Waals surface area contributed by atoms with E-state index in [2.05, 4.69) is 11.1 Å². The summed E-state index contributed by atoms with van der Waals surface area (Å²) in [5.74, 6) is 0.888. The van der Waals surface area contributed by atoms with Gasteiger partial charge in [0.15, 0.2) is 0 Å². The third kappa shape index (κ3) is 5.57. The second kappa shape index (κ2) is 10.00. The van der Waals surface area contributed by atoms with Crippen molar-refractivity contribution in [2.24, 2.45) is 0 Å². The highest BCUT2D eigenvalue weighted by molar-refractivity contribution is 5.97. The molecule has 1 fully saturated rings. The number of benzene rings is 1. The number of piperazine rings is 1. The second-order valence-corrected chi connectivity index (χ2v) is 9.28. The molecule has 0 radical (unpaired) electrons. The minimum atomic E-state index is -0.541. The van der Waals surface area contributed by atoms with E-state index in [4.69, 9.17) is 9.47 Å². The van der Waals surface area contributed by atoms with E-state index in [-0.39, 0.29) is 12.0 Å². The van der Waals surface area contributed by atoms with E-state index < -0.39 is 5.60 Å². The Kier molecular flexibility index (Phi) is 7.30. The largest absolute Gasteiger partial charge is 0.496 e. The van der Waals surface area contributed by atoms with Crippen molar-refractivity contribution < 1.29 is 19.1 Å². The minimum Gasteiger partial charge on any atom is -0.496 e. The Morgan fingerprint density at radius 1 is 1.09 bits per heavy atom. The van der Waals surface area contributed by atoms with Gasteiger partial charge in [0.05, 0.1) is 18.2 Å². The van der Waals surface area contributed by atoms with Gasteiger partial charge in [-0.25, -0.2) is 9.78 Å². The fourth-order valence-corrected chi connectivity index (χ4v) is 3.67. The molecule has 0 spiro atoms. The average Bonchev–Trinajstić information content (AvgIpc) is 2.81. The minimum absolute atomic E-state index is 0.153. The number of methoxy groups -OCH3 is 1. The molecular weight excluding hydrogens is 434 g/mol. The van der Waals surface area contributed by atoms with Crippen LogP contribution in [0.5, 0.6) is 5.75 Å². The van der Waals surface area contributed by atoms with Crippen LogP contribution in [0.4, 0.5) is 10.6 Å². The summed E-state index contributed by atoms with van der Waals surface area (Å²) in [5, 5.41) is 9.79. The summed E-state index contributed by atoms with van der Waals surface area (Å²) in [7, 11) is 4.89. The molecule has 0 saturated carbocycles. The Bertz CT molecular complexity index is 1110. The highest BCUT2D eigenvalue weighted by atomic mass is 16.6. The van der Waals surface area contributed by atoms with Crippen molar-refractivity contribution in [3.8, 4) is 22.9 Å². The topological polar surface area (TPSA) is 99.0 Å². The molecule has 2 amide bonds. The quantitative estimate of drug-likeness (QED) is 0.682. The summed E-state index contributed by atoms with van der Waals surface area (Å²) in [6, 6.07) is 9.33. The standard InChI is InChI=1S/C25H31N5O4/c1-25(2,3)34-24(32)30-11-9-29(10-12-30)22-18(15-26)13-19(16-27-22)17-7-8-20(21(14-17)33-6)23(31)28(4)5/h7-8,13-14,16H,9-12H2,1-6H3. The molecule has 1 aromatic carbocycles. The number of pyridine rings is 1. The van der Waals surface area contributed by atoms with Gasteiger partial charge in [0.25, 0.3) is 5.91 Å². The molecule has 0 bridgehead atoms. The molecule has 3 rings (SSSR count). The molecular formula is C25H31N5O4. The van der Waals surface area contributed by atoms with Gasteiger partial charge >= 0.3 is 6.09 Å². The van der Waals surface area contributed by atoms with Crippen LogP contribution in [0.3, 0.4) is 0 Å². The lowest BCUT2D eigenvalue weighted by molar-refractivity contribution is 0.0240. The Morgan fingerprint density at radius 3 is 2.32 bits per heavy atom. The Morgan fingerprint density at radius 2 is 1.76 bits per heavy atom. The molecule has 9 nitrogen and oxygen atoms in total. The summed E-state index contributed by atoms with van der Waals surface area (Å²) in [4.78, 5) is 34.4. The Labute approximate surface area is 200 Å². The highest BCUT2D eigenvalue weighted by Crippen LogP contribution is 2.30. The maximum Gasteiger partial charge on any atom is 0.410 e. The van der Waals surface area contributed by atoms with E-state index >= 15 is 0 Å². The number of hydrogen-bond donors (Lipinski definition) is 0. The van der Waals surface area contributed by atoms with Crippen molar-refractivity contribution in [3.63, 3.8) is 0 Å². The van der Waals surface area contributed by atoms with Gasteiger partial charge in [0.2, 0.25) is 0 Å². The van der Waals surface area contributed by atoms with Gasteiger partial charge in [-0.3, -0.25) is 4.79 Å². The smallest absolute Gasteiger partial charge is 0.410 e. The lowest BCUT2D eigenvalue weighted by Gasteiger charge is -2.36. The van der Waals surface area contributed by atoms with E-state index in [1.165, 1.54) is 12.0 Å². The van der Waals surface area contributed by atoms with Crippen LogP contribution in [0, 0.1) is 11.3 Å². The number of carbonyl (C=O) groups is 2. The van der Waals surface area contributed by atoms with E-state index in [1.54, 1.807) is 43.4 Å². The fourth-order valence-electron chi connectivity index (χ4n) is 3.67. The van der Waals surface area contributed by atoms with E-state index in [0.717, 1.165) is 11.1 Å². The maximum absolute atomic E-state index is 12.4. The summed E-state index contributed by atoms with van der Waals surface area (Å²) in [6.07, 6.45) is 1.37. The normalized spacial score (nSPS) is 13.8. The molecule has 0 N–H and O–H groups in total. The van der Waals surface area contributed by atoms with Crippen LogP contribution in [0.2, 0.25) is 0 Å². The van der Waals surface area contributed by atoms with Crippen molar-refractivity contribution in [3.05, 3.63) is 41.6 Å². The lowest BCUT2D eigenvalue weighted by Crippen LogP contribution is -2.50. The van der Waals surface area contributed by atoms with Gasteiger partial charge in [-0.2, -0.15) is 5.26 Å². The number of anilines is 1. The van der Waals surface area contributed by atoms with Gasteiger partial charge in [0, 0.05) is 52.0 Å². The van der Waals surface area contributed by atoms with Crippen LogP contribution in [-0.4, -0.2) is 79.8 Å². The Hall–Kier alpha value is -3.80. The van der Waals surface area contributed by atoms with E-state index in [1.807, 2.05) is 31.7 Å². The number of amides is 2. The first-order valence-corrected chi connectivity index (χ1v) is 11.1. The van der Waals surface area contributed by atoms with Gasteiger partial charge < -0.3 is 24.2 Å². The molecule has 2 aromatic rings. The van der Waals surface area contributed by atoms with Crippen molar-refractivity contribution in [2.75, 3.05) is 52.3 Å². The summed E-state index contributed by atoms with van der Waals surface area (Å²) < 4.78 is 10.9. The van der Waals surface area contributed by atoms with Crippen LogP contribution >= 0.6 is 0 Å². The van der Waals surface area contributed by atoms with Gasteiger partial charge in [0.1, 0.15) is 23.2 Å². The van der Waals surface area contributed by atoms with Crippen molar-refractivity contribution in [2.45, 2.75) is 26.4 Å². The fraction of sp³-hybridized carbons (Fsp3) is 0.440. The molecule has 2 heterocycles.